The molecular formula is C12H19ClN2O2. The van der Waals surface area contributed by atoms with Crippen LogP contribution in [0.15, 0.2) is 12.3 Å². The first-order valence-electron chi connectivity index (χ1n) is 5.77. The maximum absolute atomic E-state index is 12.0. The quantitative estimate of drug-likeness (QED) is 0.848. The fourth-order valence-electron chi connectivity index (χ4n) is 1.59. The molecule has 0 radical (unpaired) electrons. The third-order valence-electron chi connectivity index (χ3n) is 2.75. The molecule has 0 aliphatic carbocycles. The molecule has 0 aliphatic rings. The number of hydrogen-bond acceptors (Lipinski definition) is 2. The first-order valence-corrected chi connectivity index (χ1v) is 6.14. The molecule has 96 valence electrons. The van der Waals surface area contributed by atoms with Crippen LogP contribution in [-0.4, -0.2) is 28.2 Å². The Kier molecular flexibility index (Phi) is 5.02. The average molecular weight is 259 g/mol. The van der Waals surface area contributed by atoms with Gasteiger partial charge in [-0.3, -0.25) is 4.79 Å². The van der Waals surface area contributed by atoms with E-state index in [-0.39, 0.29) is 24.5 Å². The van der Waals surface area contributed by atoms with E-state index < -0.39 is 0 Å². The predicted octanol–water partition coefficient (Wildman–Crippen LogP) is 1.91. The van der Waals surface area contributed by atoms with Crippen LogP contribution in [0.4, 0.5) is 0 Å². The molecule has 1 amide bonds. The molecule has 5 heteroatoms. The van der Waals surface area contributed by atoms with Crippen LogP contribution in [0.1, 0.15) is 31.3 Å². The van der Waals surface area contributed by atoms with E-state index >= 15 is 0 Å². The average Bonchev–Trinajstić information content (AvgIpc) is 2.66. The number of nitrogens with one attached hydrogen (secondary N) is 1. The molecule has 1 aromatic rings. The van der Waals surface area contributed by atoms with Crippen molar-refractivity contribution in [3.05, 3.63) is 23.0 Å². The topological polar surface area (TPSA) is 54.3 Å². The summed E-state index contributed by atoms with van der Waals surface area (Å²) >= 11 is 5.87. The number of rotatable bonds is 5. The van der Waals surface area contributed by atoms with Gasteiger partial charge in [0.25, 0.3) is 5.91 Å². The molecule has 0 saturated heterocycles. The third-order valence-corrected chi connectivity index (χ3v) is 2.96. The Balaban J connectivity index is 2.81. The maximum Gasteiger partial charge on any atom is 0.268 e. The molecule has 1 heterocycles. The van der Waals surface area contributed by atoms with Gasteiger partial charge < -0.3 is 15.0 Å². The van der Waals surface area contributed by atoms with E-state index in [0.29, 0.717) is 17.3 Å². The minimum atomic E-state index is -0.235. The van der Waals surface area contributed by atoms with Gasteiger partial charge in [0.2, 0.25) is 0 Å². The minimum Gasteiger partial charge on any atom is -0.394 e. The normalized spacial score (nSPS) is 12.8. The number of aromatic nitrogens is 1. The van der Waals surface area contributed by atoms with Crippen molar-refractivity contribution >= 4 is 17.5 Å². The summed E-state index contributed by atoms with van der Waals surface area (Å²) in [7, 11) is 0. The Hall–Kier alpha value is -1.00. The number of carbonyl (C=O) groups is 1. The Morgan fingerprint density at radius 3 is 2.71 bits per heavy atom. The zero-order valence-corrected chi connectivity index (χ0v) is 11.2. The molecule has 0 bridgehead atoms. The van der Waals surface area contributed by atoms with E-state index in [2.05, 4.69) is 5.32 Å². The van der Waals surface area contributed by atoms with Crippen LogP contribution in [0, 0.1) is 5.92 Å². The molecule has 0 unspecified atom stereocenters. The zero-order valence-electron chi connectivity index (χ0n) is 10.4. The number of nitrogens with zero attached hydrogens (tertiary/aromatic N) is 1. The van der Waals surface area contributed by atoms with Crippen molar-refractivity contribution in [3.8, 4) is 0 Å². The largest absolute Gasteiger partial charge is 0.394 e. The fourth-order valence-corrected chi connectivity index (χ4v) is 1.81. The summed E-state index contributed by atoms with van der Waals surface area (Å²) in [5.41, 5.74) is 0.525. The van der Waals surface area contributed by atoms with Crippen molar-refractivity contribution in [2.75, 3.05) is 6.61 Å². The lowest BCUT2D eigenvalue weighted by atomic mass is 10.1. The minimum absolute atomic E-state index is 0.0655. The highest BCUT2D eigenvalue weighted by Gasteiger charge is 2.18. The van der Waals surface area contributed by atoms with Gasteiger partial charge in [0.15, 0.2) is 0 Å². The molecule has 0 fully saturated rings. The molecule has 2 N–H and O–H groups in total. The molecule has 4 nitrogen and oxygen atoms in total. The van der Waals surface area contributed by atoms with Gasteiger partial charge in [-0.1, -0.05) is 25.4 Å². The zero-order chi connectivity index (χ0) is 13.0. The molecule has 0 saturated carbocycles. The van der Waals surface area contributed by atoms with Crippen molar-refractivity contribution in [1.29, 1.82) is 0 Å². The first-order chi connectivity index (χ1) is 7.99. The van der Waals surface area contributed by atoms with E-state index in [0.717, 1.165) is 0 Å². The molecular weight excluding hydrogens is 240 g/mol. The summed E-state index contributed by atoms with van der Waals surface area (Å²) < 4.78 is 1.78. The van der Waals surface area contributed by atoms with Crippen LogP contribution >= 0.6 is 11.6 Å². The van der Waals surface area contributed by atoms with Gasteiger partial charge in [-0.2, -0.15) is 0 Å². The van der Waals surface area contributed by atoms with Crippen LogP contribution in [0.3, 0.4) is 0 Å². The van der Waals surface area contributed by atoms with E-state index in [9.17, 15) is 9.90 Å². The second-order valence-corrected chi connectivity index (χ2v) is 4.77. The van der Waals surface area contributed by atoms with Crippen LogP contribution in [-0.2, 0) is 6.54 Å². The van der Waals surface area contributed by atoms with Crippen molar-refractivity contribution in [1.82, 2.24) is 9.88 Å². The van der Waals surface area contributed by atoms with E-state index in [1.54, 1.807) is 16.8 Å². The van der Waals surface area contributed by atoms with Gasteiger partial charge in [-0.15, -0.1) is 0 Å². The summed E-state index contributed by atoms with van der Waals surface area (Å²) in [6.45, 7) is 6.46. The number of carbonyl (C=O) groups excluding carboxylic acids is 1. The second kappa shape index (κ2) is 6.07. The highest BCUT2D eigenvalue weighted by Crippen LogP contribution is 2.14. The summed E-state index contributed by atoms with van der Waals surface area (Å²) in [4.78, 5) is 12.0. The van der Waals surface area contributed by atoms with E-state index in [1.165, 1.54) is 0 Å². The monoisotopic (exact) mass is 258 g/mol. The molecule has 17 heavy (non-hydrogen) atoms. The van der Waals surface area contributed by atoms with Gasteiger partial charge in [0.05, 0.1) is 17.7 Å². The van der Waals surface area contributed by atoms with Crippen molar-refractivity contribution < 1.29 is 9.90 Å². The molecule has 0 aromatic carbocycles. The standard InChI is InChI=1S/C12H19ClN2O2/c1-4-15-6-9(13)5-11(15)12(17)14-10(7-16)8(2)3/h5-6,8,10,16H,4,7H2,1-3H3,(H,14,17)/t10-/m1/s1. The Labute approximate surface area is 107 Å². The van der Waals surface area contributed by atoms with Gasteiger partial charge in [-0.25, -0.2) is 0 Å². The number of amides is 1. The molecule has 0 aliphatic heterocycles. The number of aliphatic hydroxyl groups excluding tert-OH is 1. The predicted molar refractivity (Wildman–Crippen MR) is 68.3 cm³/mol. The van der Waals surface area contributed by atoms with Gasteiger partial charge >= 0.3 is 0 Å². The van der Waals surface area contributed by atoms with Gasteiger partial charge in [0, 0.05) is 12.7 Å². The van der Waals surface area contributed by atoms with Crippen molar-refractivity contribution in [2.45, 2.75) is 33.4 Å². The third kappa shape index (κ3) is 3.48. The molecule has 1 rings (SSSR count). The van der Waals surface area contributed by atoms with E-state index in [4.69, 9.17) is 11.6 Å². The second-order valence-electron chi connectivity index (χ2n) is 4.34. The number of aliphatic hydroxyl groups is 1. The Bertz CT molecular complexity index is 388. The van der Waals surface area contributed by atoms with Crippen LogP contribution in [0.5, 0.6) is 0 Å². The summed E-state index contributed by atoms with van der Waals surface area (Å²) in [6.07, 6.45) is 1.72. The number of hydrogen-bond donors (Lipinski definition) is 2. The van der Waals surface area contributed by atoms with Crippen LogP contribution in [0.25, 0.3) is 0 Å². The van der Waals surface area contributed by atoms with Crippen LogP contribution in [0.2, 0.25) is 5.02 Å². The maximum atomic E-state index is 12.0. The van der Waals surface area contributed by atoms with Crippen LogP contribution < -0.4 is 5.32 Å². The lowest BCUT2D eigenvalue weighted by Gasteiger charge is -2.20. The summed E-state index contributed by atoms with van der Waals surface area (Å²) in [6, 6.07) is 1.40. The van der Waals surface area contributed by atoms with Crippen molar-refractivity contribution in [3.63, 3.8) is 0 Å². The van der Waals surface area contributed by atoms with Crippen molar-refractivity contribution in [2.24, 2.45) is 5.92 Å². The van der Waals surface area contributed by atoms with E-state index in [1.807, 2.05) is 20.8 Å². The summed E-state index contributed by atoms with van der Waals surface area (Å²) in [5, 5.41) is 12.5. The number of halogens is 1. The number of aryl methyl sites for hydroxylation is 1. The lowest BCUT2D eigenvalue weighted by Crippen LogP contribution is -2.41. The lowest BCUT2D eigenvalue weighted by molar-refractivity contribution is 0.0887. The smallest absolute Gasteiger partial charge is 0.268 e. The first kappa shape index (κ1) is 14.1. The Morgan fingerprint density at radius 2 is 2.24 bits per heavy atom. The highest BCUT2D eigenvalue weighted by molar-refractivity contribution is 6.31. The Morgan fingerprint density at radius 1 is 1.59 bits per heavy atom. The molecule has 1 atom stereocenters. The molecule has 1 aromatic heterocycles. The SMILES string of the molecule is CCn1cc(Cl)cc1C(=O)N[C@H](CO)C(C)C. The fraction of sp³-hybridized carbons (Fsp3) is 0.583. The van der Waals surface area contributed by atoms with Gasteiger partial charge in [0.1, 0.15) is 5.69 Å². The highest BCUT2D eigenvalue weighted by atomic mass is 35.5. The summed E-state index contributed by atoms with van der Waals surface area (Å²) in [5.74, 6) is -0.0176. The van der Waals surface area contributed by atoms with Gasteiger partial charge in [-0.05, 0) is 18.9 Å². The molecule has 0 spiro atoms.